The summed E-state index contributed by atoms with van der Waals surface area (Å²) in [6.45, 7) is 5.37. The predicted octanol–water partition coefficient (Wildman–Crippen LogP) is -1.45. The van der Waals surface area contributed by atoms with Crippen LogP contribution in [0, 0.1) is 0 Å². The zero-order valence-corrected chi connectivity index (χ0v) is 11.9. The molecule has 0 aromatic heterocycles. The van der Waals surface area contributed by atoms with E-state index >= 15 is 0 Å². The van der Waals surface area contributed by atoms with Crippen LogP contribution in [0.4, 0.5) is 0 Å². The molecule has 112 valence electrons. The first kappa shape index (κ1) is 14.9. The van der Waals surface area contributed by atoms with Crippen molar-refractivity contribution >= 4 is 17.7 Å². The number of carbonyl (C=O) groups excluding carboxylic acids is 3. The van der Waals surface area contributed by atoms with Crippen LogP contribution in [0.5, 0.6) is 0 Å². The van der Waals surface area contributed by atoms with Gasteiger partial charge < -0.3 is 10.2 Å². The van der Waals surface area contributed by atoms with Crippen molar-refractivity contribution < 1.29 is 14.4 Å². The predicted molar refractivity (Wildman–Crippen MR) is 72.9 cm³/mol. The first-order valence-electron chi connectivity index (χ1n) is 7.11. The number of piperazine rings is 1. The van der Waals surface area contributed by atoms with Crippen molar-refractivity contribution in [1.82, 2.24) is 20.4 Å². The third-order valence-corrected chi connectivity index (χ3v) is 3.77. The molecule has 0 radical (unpaired) electrons. The van der Waals surface area contributed by atoms with Gasteiger partial charge >= 0.3 is 0 Å². The molecule has 0 aliphatic carbocycles. The zero-order valence-electron chi connectivity index (χ0n) is 11.9. The van der Waals surface area contributed by atoms with E-state index in [1.54, 1.807) is 0 Å². The highest BCUT2D eigenvalue weighted by molar-refractivity contribution is 5.98. The molecule has 2 heterocycles. The van der Waals surface area contributed by atoms with Gasteiger partial charge in [0.15, 0.2) is 0 Å². The molecular formula is C13H22N4O3. The van der Waals surface area contributed by atoms with Crippen LogP contribution in [0.25, 0.3) is 0 Å². The Morgan fingerprint density at radius 2 is 2.05 bits per heavy atom. The lowest BCUT2D eigenvalue weighted by atomic mass is 10.2. The largest absolute Gasteiger partial charge is 0.333 e. The van der Waals surface area contributed by atoms with E-state index < -0.39 is 5.91 Å². The maximum absolute atomic E-state index is 11.8. The Balaban J connectivity index is 1.73. The first-order valence-corrected chi connectivity index (χ1v) is 7.11. The van der Waals surface area contributed by atoms with Crippen LogP contribution in [-0.2, 0) is 14.4 Å². The second-order valence-electron chi connectivity index (χ2n) is 5.41. The SMILES string of the molecule is C[C@@H]1CNCCN1CC(=O)NC(=O)CN1CCCC1=O. The molecule has 0 aromatic carbocycles. The van der Waals surface area contributed by atoms with Gasteiger partial charge in [-0.25, -0.2) is 0 Å². The van der Waals surface area contributed by atoms with Crippen LogP contribution >= 0.6 is 0 Å². The van der Waals surface area contributed by atoms with E-state index in [2.05, 4.69) is 10.6 Å². The molecule has 7 nitrogen and oxygen atoms in total. The number of rotatable bonds is 4. The molecule has 0 saturated carbocycles. The maximum atomic E-state index is 11.8. The van der Waals surface area contributed by atoms with Crippen molar-refractivity contribution in [3.8, 4) is 0 Å². The van der Waals surface area contributed by atoms with Crippen LogP contribution in [0.2, 0.25) is 0 Å². The Morgan fingerprint density at radius 1 is 1.30 bits per heavy atom. The third kappa shape index (κ3) is 4.01. The normalized spacial score (nSPS) is 23.9. The molecule has 2 saturated heterocycles. The van der Waals surface area contributed by atoms with E-state index in [9.17, 15) is 14.4 Å². The lowest BCUT2D eigenvalue weighted by Crippen LogP contribution is -2.53. The highest BCUT2D eigenvalue weighted by atomic mass is 16.2. The van der Waals surface area contributed by atoms with Crippen molar-refractivity contribution in [2.75, 3.05) is 39.3 Å². The summed E-state index contributed by atoms with van der Waals surface area (Å²) >= 11 is 0. The standard InChI is InChI=1S/C13H22N4O3/c1-10-7-14-4-6-16(10)8-11(18)15-12(19)9-17-5-2-3-13(17)20/h10,14H,2-9H2,1H3,(H,15,18,19)/t10-/m1/s1. The van der Waals surface area contributed by atoms with Crippen LogP contribution in [-0.4, -0.2) is 72.8 Å². The van der Waals surface area contributed by atoms with Gasteiger partial charge in [0, 0.05) is 38.6 Å². The number of carbonyl (C=O) groups is 3. The molecule has 20 heavy (non-hydrogen) atoms. The number of nitrogens with zero attached hydrogens (tertiary/aromatic N) is 2. The average molecular weight is 282 g/mol. The van der Waals surface area contributed by atoms with Crippen LogP contribution in [0.3, 0.4) is 0 Å². The summed E-state index contributed by atoms with van der Waals surface area (Å²) < 4.78 is 0. The minimum atomic E-state index is -0.395. The van der Waals surface area contributed by atoms with E-state index in [1.807, 2.05) is 11.8 Å². The minimum absolute atomic E-state index is 0.0108. The maximum Gasteiger partial charge on any atom is 0.246 e. The number of imide groups is 1. The highest BCUT2D eigenvalue weighted by Crippen LogP contribution is 2.08. The van der Waals surface area contributed by atoms with Crippen LogP contribution < -0.4 is 10.6 Å². The highest BCUT2D eigenvalue weighted by Gasteiger charge is 2.24. The Kier molecular flexibility index (Phi) is 5.08. The lowest BCUT2D eigenvalue weighted by Gasteiger charge is -2.33. The molecule has 2 aliphatic heterocycles. The van der Waals surface area contributed by atoms with Gasteiger partial charge in [-0.1, -0.05) is 0 Å². The Hall–Kier alpha value is -1.47. The molecule has 0 spiro atoms. The number of amides is 3. The molecule has 1 atom stereocenters. The lowest BCUT2D eigenvalue weighted by molar-refractivity contribution is -0.136. The molecule has 2 fully saturated rings. The van der Waals surface area contributed by atoms with Gasteiger partial charge in [0.2, 0.25) is 17.7 Å². The van der Waals surface area contributed by atoms with Crippen LogP contribution in [0.15, 0.2) is 0 Å². The fourth-order valence-electron chi connectivity index (χ4n) is 2.58. The zero-order chi connectivity index (χ0) is 14.5. The molecule has 2 N–H and O–H groups in total. The van der Waals surface area contributed by atoms with Gasteiger partial charge in [-0.15, -0.1) is 0 Å². The second kappa shape index (κ2) is 6.81. The van der Waals surface area contributed by atoms with Crippen molar-refractivity contribution in [3.05, 3.63) is 0 Å². The van der Waals surface area contributed by atoms with E-state index in [0.29, 0.717) is 13.0 Å². The topological polar surface area (TPSA) is 81.8 Å². The number of hydrogen-bond acceptors (Lipinski definition) is 5. The Morgan fingerprint density at radius 3 is 2.70 bits per heavy atom. The van der Waals surface area contributed by atoms with Crippen LogP contribution in [0.1, 0.15) is 19.8 Å². The van der Waals surface area contributed by atoms with Crippen molar-refractivity contribution in [1.29, 1.82) is 0 Å². The van der Waals surface area contributed by atoms with E-state index in [-0.39, 0.29) is 30.9 Å². The molecule has 3 amide bonds. The fraction of sp³-hybridized carbons (Fsp3) is 0.769. The van der Waals surface area contributed by atoms with E-state index in [1.165, 1.54) is 4.90 Å². The summed E-state index contributed by atoms with van der Waals surface area (Å²) in [4.78, 5) is 38.5. The summed E-state index contributed by atoms with van der Waals surface area (Å²) in [5.41, 5.74) is 0. The third-order valence-electron chi connectivity index (χ3n) is 3.77. The second-order valence-corrected chi connectivity index (χ2v) is 5.41. The van der Waals surface area contributed by atoms with Gasteiger partial charge in [-0.2, -0.15) is 0 Å². The average Bonchev–Trinajstić information content (AvgIpc) is 2.77. The molecule has 0 unspecified atom stereocenters. The van der Waals surface area contributed by atoms with Gasteiger partial charge in [0.1, 0.15) is 0 Å². The summed E-state index contributed by atoms with van der Waals surface area (Å²) in [7, 11) is 0. The summed E-state index contributed by atoms with van der Waals surface area (Å²) in [6, 6.07) is 0.282. The number of likely N-dealkylation sites (tertiary alicyclic amines) is 1. The van der Waals surface area contributed by atoms with Crippen molar-refractivity contribution in [3.63, 3.8) is 0 Å². The Bertz CT molecular complexity index is 399. The molecule has 2 aliphatic rings. The number of hydrogen-bond donors (Lipinski definition) is 2. The first-order chi connectivity index (χ1) is 9.56. The van der Waals surface area contributed by atoms with Crippen molar-refractivity contribution in [2.24, 2.45) is 0 Å². The van der Waals surface area contributed by atoms with Gasteiger partial charge in [0.25, 0.3) is 0 Å². The smallest absolute Gasteiger partial charge is 0.246 e. The van der Waals surface area contributed by atoms with Gasteiger partial charge in [-0.05, 0) is 13.3 Å². The van der Waals surface area contributed by atoms with E-state index in [4.69, 9.17) is 0 Å². The summed E-state index contributed by atoms with van der Waals surface area (Å²) in [5.74, 6) is -0.702. The van der Waals surface area contributed by atoms with Crippen molar-refractivity contribution in [2.45, 2.75) is 25.8 Å². The summed E-state index contributed by atoms with van der Waals surface area (Å²) in [5, 5.41) is 5.61. The fourth-order valence-corrected chi connectivity index (χ4v) is 2.58. The van der Waals surface area contributed by atoms with Gasteiger partial charge in [-0.3, -0.25) is 24.6 Å². The minimum Gasteiger partial charge on any atom is -0.333 e. The van der Waals surface area contributed by atoms with E-state index in [0.717, 1.165) is 26.1 Å². The molecule has 7 heteroatoms. The van der Waals surface area contributed by atoms with Gasteiger partial charge in [0.05, 0.1) is 13.1 Å². The quantitative estimate of drug-likeness (QED) is 0.659. The Labute approximate surface area is 118 Å². The summed E-state index contributed by atoms with van der Waals surface area (Å²) in [6.07, 6.45) is 1.29. The molecule has 0 aromatic rings. The molecular weight excluding hydrogens is 260 g/mol. The number of nitrogens with one attached hydrogen (secondary N) is 2. The monoisotopic (exact) mass is 282 g/mol. The molecule has 2 rings (SSSR count). The molecule has 0 bridgehead atoms.